The number of carbonyl (C=O) groups excluding carboxylic acids is 1. The lowest BCUT2D eigenvalue weighted by Crippen LogP contribution is -2.33. The molecule has 1 unspecified atom stereocenters. The van der Waals surface area contributed by atoms with Crippen molar-refractivity contribution >= 4 is 11.9 Å². The fourth-order valence-electron chi connectivity index (χ4n) is 2.36. The number of rotatable bonds is 7. The predicted molar refractivity (Wildman–Crippen MR) is 86.5 cm³/mol. The van der Waals surface area contributed by atoms with Crippen molar-refractivity contribution in [1.29, 1.82) is 0 Å². The Morgan fingerprint density at radius 2 is 1.96 bits per heavy atom. The third kappa shape index (κ3) is 4.67. The number of carboxylic acids is 1. The smallest absolute Gasteiger partial charge is 0.308 e. The number of hydrogen-bond acceptors (Lipinski definition) is 3. The van der Waals surface area contributed by atoms with Crippen molar-refractivity contribution in [2.24, 2.45) is 11.8 Å². The van der Waals surface area contributed by atoms with E-state index in [2.05, 4.69) is 10.3 Å². The van der Waals surface area contributed by atoms with Crippen LogP contribution in [0, 0.1) is 11.8 Å². The fraction of sp³-hybridized carbons (Fsp3) is 0.353. The zero-order valence-electron chi connectivity index (χ0n) is 13.3. The predicted octanol–water partition coefficient (Wildman–Crippen LogP) is 2.35. The fourth-order valence-corrected chi connectivity index (χ4v) is 2.36. The maximum absolute atomic E-state index is 12.1. The Hall–Kier alpha value is -2.63. The van der Waals surface area contributed by atoms with Crippen LogP contribution in [-0.4, -0.2) is 33.1 Å². The molecule has 0 saturated carbocycles. The molecule has 2 rings (SSSR count). The van der Waals surface area contributed by atoms with E-state index >= 15 is 0 Å². The Morgan fingerprint density at radius 1 is 1.26 bits per heavy atom. The molecule has 23 heavy (non-hydrogen) atoms. The first-order valence-corrected chi connectivity index (χ1v) is 7.56. The molecule has 0 radical (unpaired) electrons. The van der Waals surface area contributed by atoms with Gasteiger partial charge in [-0.15, -0.1) is 0 Å². The van der Waals surface area contributed by atoms with E-state index in [4.69, 9.17) is 0 Å². The molecule has 6 heteroatoms. The van der Waals surface area contributed by atoms with Gasteiger partial charge in [0.2, 0.25) is 0 Å². The van der Waals surface area contributed by atoms with Crippen molar-refractivity contribution in [3.05, 3.63) is 48.5 Å². The topological polar surface area (TPSA) is 84.2 Å². The van der Waals surface area contributed by atoms with Crippen LogP contribution in [-0.2, 0) is 4.79 Å². The van der Waals surface area contributed by atoms with E-state index < -0.39 is 11.9 Å². The normalized spacial score (nSPS) is 12.1. The van der Waals surface area contributed by atoms with Crippen molar-refractivity contribution in [3.63, 3.8) is 0 Å². The summed E-state index contributed by atoms with van der Waals surface area (Å²) in [6, 6.07) is 7.06. The summed E-state index contributed by atoms with van der Waals surface area (Å²) in [6.45, 7) is 4.06. The molecule has 0 spiro atoms. The summed E-state index contributed by atoms with van der Waals surface area (Å²) >= 11 is 0. The zero-order chi connectivity index (χ0) is 16.8. The lowest BCUT2D eigenvalue weighted by atomic mass is 9.97. The monoisotopic (exact) mass is 315 g/mol. The van der Waals surface area contributed by atoms with Gasteiger partial charge in [-0.05, 0) is 36.6 Å². The van der Waals surface area contributed by atoms with Crippen molar-refractivity contribution < 1.29 is 14.7 Å². The summed E-state index contributed by atoms with van der Waals surface area (Å²) in [5, 5.41) is 11.9. The summed E-state index contributed by atoms with van der Waals surface area (Å²) in [5.41, 5.74) is 1.41. The van der Waals surface area contributed by atoms with Crippen LogP contribution in [0.25, 0.3) is 5.69 Å². The Labute approximate surface area is 135 Å². The highest BCUT2D eigenvalue weighted by atomic mass is 16.4. The zero-order valence-corrected chi connectivity index (χ0v) is 13.3. The van der Waals surface area contributed by atoms with Gasteiger partial charge in [0.25, 0.3) is 5.91 Å². The molecule has 0 aliphatic carbocycles. The molecule has 1 aromatic heterocycles. The molecule has 1 atom stereocenters. The third-order valence-corrected chi connectivity index (χ3v) is 3.55. The number of hydrogen-bond donors (Lipinski definition) is 2. The standard InChI is InChI=1S/C17H21N3O3/c1-12(2)9-14(17(22)23)10-19-16(21)13-3-5-15(6-4-13)20-8-7-18-11-20/h3-8,11-12,14H,9-10H2,1-2H3,(H,19,21)(H,22,23). The summed E-state index contributed by atoms with van der Waals surface area (Å²) < 4.78 is 1.84. The second kappa shape index (κ2) is 7.58. The van der Waals surface area contributed by atoms with Crippen LogP contribution in [0.15, 0.2) is 43.0 Å². The van der Waals surface area contributed by atoms with Crippen LogP contribution in [0.2, 0.25) is 0 Å². The van der Waals surface area contributed by atoms with Crippen molar-refractivity contribution in [3.8, 4) is 5.69 Å². The minimum absolute atomic E-state index is 0.135. The van der Waals surface area contributed by atoms with Crippen molar-refractivity contribution in [1.82, 2.24) is 14.9 Å². The van der Waals surface area contributed by atoms with Crippen LogP contribution in [0.3, 0.4) is 0 Å². The van der Waals surface area contributed by atoms with Gasteiger partial charge >= 0.3 is 5.97 Å². The first kappa shape index (κ1) is 16.7. The number of carboxylic acid groups (broad SMARTS) is 1. The quantitative estimate of drug-likeness (QED) is 0.821. The van der Waals surface area contributed by atoms with E-state index in [0.717, 1.165) is 5.69 Å². The maximum Gasteiger partial charge on any atom is 0.308 e. The van der Waals surface area contributed by atoms with Gasteiger partial charge in [-0.25, -0.2) is 4.98 Å². The number of nitrogens with zero attached hydrogens (tertiary/aromatic N) is 2. The lowest BCUT2D eigenvalue weighted by Gasteiger charge is -2.15. The number of nitrogens with one attached hydrogen (secondary N) is 1. The molecule has 2 N–H and O–H groups in total. The van der Waals surface area contributed by atoms with Crippen LogP contribution in [0.5, 0.6) is 0 Å². The molecule has 0 aliphatic heterocycles. The minimum atomic E-state index is -0.880. The molecule has 0 bridgehead atoms. The second-order valence-corrected chi connectivity index (χ2v) is 5.89. The largest absolute Gasteiger partial charge is 0.481 e. The van der Waals surface area contributed by atoms with E-state index in [-0.39, 0.29) is 18.4 Å². The Kier molecular flexibility index (Phi) is 5.51. The van der Waals surface area contributed by atoms with Crippen molar-refractivity contribution in [2.75, 3.05) is 6.54 Å². The van der Waals surface area contributed by atoms with Gasteiger partial charge in [-0.2, -0.15) is 0 Å². The summed E-state index contributed by atoms with van der Waals surface area (Å²) in [5.74, 6) is -1.45. The van der Waals surface area contributed by atoms with Gasteiger partial charge in [0, 0.05) is 30.2 Å². The van der Waals surface area contributed by atoms with E-state index in [0.29, 0.717) is 12.0 Å². The number of aromatic nitrogens is 2. The highest BCUT2D eigenvalue weighted by Crippen LogP contribution is 2.12. The molecule has 6 nitrogen and oxygen atoms in total. The molecule has 1 aromatic carbocycles. The maximum atomic E-state index is 12.1. The highest BCUT2D eigenvalue weighted by molar-refractivity contribution is 5.94. The molecule has 2 aromatic rings. The van der Waals surface area contributed by atoms with Crippen LogP contribution < -0.4 is 5.32 Å². The van der Waals surface area contributed by atoms with Gasteiger partial charge < -0.3 is 15.0 Å². The Bertz CT molecular complexity index is 648. The summed E-state index contributed by atoms with van der Waals surface area (Å²) in [7, 11) is 0. The molecular formula is C17H21N3O3. The minimum Gasteiger partial charge on any atom is -0.481 e. The lowest BCUT2D eigenvalue weighted by molar-refractivity contribution is -0.142. The van der Waals surface area contributed by atoms with Gasteiger partial charge in [-0.1, -0.05) is 13.8 Å². The molecule has 0 aliphatic rings. The molecule has 122 valence electrons. The molecule has 0 fully saturated rings. The summed E-state index contributed by atoms with van der Waals surface area (Å²) in [6.07, 6.45) is 5.72. The van der Waals surface area contributed by atoms with Crippen LogP contribution in [0.4, 0.5) is 0 Å². The third-order valence-electron chi connectivity index (χ3n) is 3.55. The number of aliphatic carboxylic acids is 1. The van der Waals surface area contributed by atoms with Gasteiger partial charge in [-0.3, -0.25) is 9.59 Å². The van der Waals surface area contributed by atoms with E-state index in [1.54, 1.807) is 24.7 Å². The number of amides is 1. The second-order valence-electron chi connectivity index (χ2n) is 5.89. The van der Waals surface area contributed by atoms with Crippen molar-refractivity contribution in [2.45, 2.75) is 20.3 Å². The van der Waals surface area contributed by atoms with Crippen LogP contribution >= 0.6 is 0 Å². The average Bonchev–Trinajstić information content (AvgIpc) is 3.05. The van der Waals surface area contributed by atoms with E-state index in [1.165, 1.54) is 0 Å². The molecule has 1 heterocycles. The molecular weight excluding hydrogens is 294 g/mol. The SMILES string of the molecule is CC(C)CC(CNC(=O)c1ccc(-n2ccnc2)cc1)C(=O)O. The van der Waals surface area contributed by atoms with Gasteiger partial charge in [0.1, 0.15) is 0 Å². The first-order valence-electron chi connectivity index (χ1n) is 7.56. The Balaban J connectivity index is 1.96. The first-order chi connectivity index (χ1) is 11.0. The summed E-state index contributed by atoms with van der Waals surface area (Å²) in [4.78, 5) is 27.3. The molecule has 0 saturated heterocycles. The number of benzene rings is 1. The highest BCUT2D eigenvalue weighted by Gasteiger charge is 2.20. The number of imidazole rings is 1. The van der Waals surface area contributed by atoms with E-state index in [9.17, 15) is 14.7 Å². The van der Waals surface area contributed by atoms with Crippen LogP contribution in [0.1, 0.15) is 30.6 Å². The molecule has 1 amide bonds. The Morgan fingerprint density at radius 3 is 2.48 bits per heavy atom. The number of carbonyl (C=O) groups is 2. The van der Waals surface area contributed by atoms with Gasteiger partial charge in [0.15, 0.2) is 0 Å². The average molecular weight is 315 g/mol. The van der Waals surface area contributed by atoms with Gasteiger partial charge in [0.05, 0.1) is 12.2 Å². The van der Waals surface area contributed by atoms with E-state index in [1.807, 2.05) is 36.7 Å².